The smallest absolute Gasteiger partial charge is 0.311 e. The number of nitrogens with one attached hydrogen (secondary N) is 1. The van der Waals surface area contributed by atoms with E-state index < -0.39 is 0 Å². The minimum absolute atomic E-state index is 0.208. The van der Waals surface area contributed by atoms with Gasteiger partial charge in [-0.2, -0.15) is 0 Å². The van der Waals surface area contributed by atoms with Gasteiger partial charge in [0.05, 0.1) is 18.7 Å². The van der Waals surface area contributed by atoms with Crippen molar-refractivity contribution in [2.45, 2.75) is 33.1 Å². The molecular formula is C13H20N2O2S. The lowest BCUT2D eigenvalue weighted by atomic mass is 10.1. The summed E-state index contributed by atoms with van der Waals surface area (Å²) in [4.78, 5) is 15.7. The summed E-state index contributed by atoms with van der Waals surface area (Å²) in [5, 5.41) is 6.17. The largest absolute Gasteiger partial charge is 0.466 e. The van der Waals surface area contributed by atoms with Crippen molar-refractivity contribution in [1.82, 2.24) is 4.98 Å². The lowest BCUT2D eigenvalue weighted by Gasteiger charge is -2.09. The lowest BCUT2D eigenvalue weighted by Crippen LogP contribution is -2.13. The molecule has 2 rings (SSSR count). The highest BCUT2D eigenvalue weighted by Crippen LogP contribution is 2.36. The van der Waals surface area contributed by atoms with E-state index in [0.29, 0.717) is 12.5 Å². The molecule has 1 aliphatic rings. The number of anilines is 1. The number of aromatic nitrogens is 1. The quantitative estimate of drug-likeness (QED) is 0.773. The van der Waals surface area contributed by atoms with E-state index in [2.05, 4.69) is 17.2 Å². The van der Waals surface area contributed by atoms with Crippen LogP contribution < -0.4 is 5.32 Å². The molecule has 0 bridgehead atoms. The molecule has 1 saturated carbocycles. The second-order valence-electron chi connectivity index (χ2n) is 4.82. The molecule has 0 aromatic carbocycles. The first-order valence-electron chi connectivity index (χ1n) is 6.53. The zero-order valence-electron chi connectivity index (χ0n) is 10.9. The van der Waals surface area contributed by atoms with Crippen LogP contribution in [0.3, 0.4) is 0 Å². The normalized spacial score (nSPS) is 16.3. The molecule has 1 heterocycles. The third-order valence-corrected chi connectivity index (χ3v) is 4.03. The van der Waals surface area contributed by atoms with Gasteiger partial charge in [-0.1, -0.05) is 6.92 Å². The zero-order valence-corrected chi connectivity index (χ0v) is 11.8. The van der Waals surface area contributed by atoms with Crippen LogP contribution in [0, 0.1) is 11.8 Å². The molecule has 0 radical (unpaired) electrons. The van der Waals surface area contributed by atoms with E-state index in [0.717, 1.165) is 23.3 Å². The van der Waals surface area contributed by atoms with E-state index in [1.54, 1.807) is 11.3 Å². The molecule has 1 aliphatic carbocycles. The topological polar surface area (TPSA) is 51.2 Å². The summed E-state index contributed by atoms with van der Waals surface area (Å²) in [5.41, 5.74) is 0.792. The molecule has 5 heteroatoms. The molecule has 0 saturated heterocycles. The maximum absolute atomic E-state index is 11.3. The van der Waals surface area contributed by atoms with Crippen molar-refractivity contribution >= 4 is 22.4 Å². The summed E-state index contributed by atoms with van der Waals surface area (Å²) in [6.07, 6.45) is 3.01. The van der Waals surface area contributed by atoms with Gasteiger partial charge in [0.1, 0.15) is 0 Å². The van der Waals surface area contributed by atoms with Gasteiger partial charge in [0.2, 0.25) is 0 Å². The minimum atomic E-state index is -0.208. The number of nitrogens with zero attached hydrogens (tertiary/aromatic N) is 1. The Bertz CT molecular complexity index is 401. The summed E-state index contributed by atoms with van der Waals surface area (Å²) in [5.74, 6) is 1.40. The fourth-order valence-electron chi connectivity index (χ4n) is 1.91. The molecule has 0 aliphatic heterocycles. The number of hydrogen-bond acceptors (Lipinski definition) is 5. The lowest BCUT2D eigenvalue weighted by molar-refractivity contribution is -0.142. The minimum Gasteiger partial charge on any atom is -0.466 e. The molecule has 1 atom stereocenters. The summed E-state index contributed by atoms with van der Waals surface area (Å²) in [7, 11) is 0. The fourth-order valence-corrected chi connectivity index (χ4v) is 2.63. The van der Waals surface area contributed by atoms with Crippen molar-refractivity contribution in [3.8, 4) is 0 Å². The van der Waals surface area contributed by atoms with Crippen LogP contribution in [-0.2, 0) is 16.0 Å². The van der Waals surface area contributed by atoms with E-state index >= 15 is 0 Å². The van der Waals surface area contributed by atoms with Crippen molar-refractivity contribution in [1.29, 1.82) is 0 Å². The summed E-state index contributed by atoms with van der Waals surface area (Å²) >= 11 is 1.55. The maximum Gasteiger partial charge on any atom is 0.311 e. The molecule has 4 nitrogen and oxygen atoms in total. The van der Waals surface area contributed by atoms with Crippen molar-refractivity contribution in [2.75, 3.05) is 18.5 Å². The van der Waals surface area contributed by atoms with Crippen LogP contribution in [0.1, 0.15) is 32.4 Å². The van der Waals surface area contributed by atoms with Crippen molar-refractivity contribution < 1.29 is 9.53 Å². The zero-order chi connectivity index (χ0) is 13.0. The standard InChI is InChI=1S/C13H20N2O2S/c1-3-17-12(16)6-11-8-18-13(15-11)14-7-9(2)10-4-5-10/h8-10H,3-7H2,1-2H3,(H,14,15). The van der Waals surface area contributed by atoms with Crippen LogP contribution in [-0.4, -0.2) is 24.1 Å². The number of esters is 1. The average molecular weight is 268 g/mol. The summed E-state index contributed by atoms with van der Waals surface area (Å²) in [6, 6.07) is 0. The molecule has 1 aromatic rings. The number of thiazole rings is 1. The molecule has 1 fully saturated rings. The van der Waals surface area contributed by atoms with Gasteiger partial charge in [0, 0.05) is 11.9 Å². The Labute approximate surface area is 112 Å². The third kappa shape index (κ3) is 3.98. The Morgan fingerprint density at radius 1 is 1.67 bits per heavy atom. The number of carbonyl (C=O) groups excluding carboxylic acids is 1. The second kappa shape index (κ2) is 6.18. The van der Waals surface area contributed by atoms with E-state index in [4.69, 9.17) is 4.74 Å². The Morgan fingerprint density at radius 3 is 3.11 bits per heavy atom. The van der Waals surface area contributed by atoms with Crippen LogP contribution in [0.15, 0.2) is 5.38 Å². The van der Waals surface area contributed by atoms with Gasteiger partial charge in [-0.15, -0.1) is 11.3 Å². The van der Waals surface area contributed by atoms with E-state index in [9.17, 15) is 4.79 Å². The van der Waals surface area contributed by atoms with Gasteiger partial charge in [0.25, 0.3) is 0 Å². The molecular weight excluding hydrogens is 248 g/mol. The van der Waals surface area contributed by atoms with E-state index in [-0.39, 0.29) is 12.4 Å². The Kier molecular flexibility index (Phi) is 4.58. The molecule has 0 amide bonds. The van der Waals surface area contributed by atoms with Gasteiger partial charge in [-0.3, -0.25) is 4.79 Å². The maximum atomic E-state index is 11.3. The number of ether oxygens (including phenoxy) is 1. The first-order chi connectivity index (χ1) is 8.69. The molecule has 100 valence electrons. The summed E-state index contributed by atoms with van der Waals surface area (Å²) in [6.45, 7) is 5.48. The highest BCUT2D eigenvalue weighted by atomic mass is 32.1. The number of hydrogen-bond donors (Lipinski definition) is 1. The number of carbonyl (C=O) groups is 1. The molecule has 1 N–H and O–H groups in total. The predicted molar refractivity (Wildman–Crippen MR) is 72.8 cm³/mol. The van der Waals surface area contributed by atoms with Gasteiger partial charge in [0.15, 0.2) is 5.13 Å². The molecule has 18 heavy (non-hydrogen) atoms. The van der Waals surface area contributed by atoms with Crippen molar-refractivity contribution in [2.24, 2.45) is 11.8 Å². The highest BCUT2D eigenvalue weighted by Gasteiger charge is 2.27. The van der Waals surface area contributed by atoms with Gasteiger partial charge in [-0.05, 0) is 31.6 Å². The monoisotopic (exact) mass is 268 g/mol. The highest BCUT2D eigenvalue weighted by molar-refractivity contribution is 7.13. The van der Waals surface area contributed by atoms with Crippen LogP contribution in [0.4, 0.5) is 5.13 Å². The van der Waals surface area contributed by atoms with Gasteiger partial charge < -0.3 is 10.1 Å². The van der Waals surface area contributed by atoms with Crippen LogP contribution in [0.25, 0.3) is 0 Å². The fraction of sp³-hybridized carbons (Fsp3) is 0.692. The van der Waals surface area contributed by atoms with Crippen LogP contribution in [0.2, 0.25) is 0 Å². The molecule has 0 spiro atoms. The summed E-state index contributed by atoms with van der Waals surface area (Å²) < 4.78 is 4.90. The Balaban J connectivity index is 1.76. The Morgan fingerprint density at radius 2 is 2.44 bits per heavy atom. The average Bonchev–Trinajstić information content (AvgIpc) is 3.09. The van der Waals surface area contributed by atoms with Crippen molar-refractivity contribution in [3.05, 3.63) is 11.1 Å². The first kappa shape index (κ1) is 13.3. The Hall–Kier alpha value is -1.10. The predicted octanol–water partition coefficient (Wildman–Crippen LogP) is 2.71. The number of rotatable bonds is 7. The third-order valence-electron chi connectivity index (χ3n) is 3.18. The second-order valence-corrected chi connectivity index (χ2v) is 5.68. The van der Waals surface area contributed by atoms with E-state index in [1.165, 1.54) is 12.8 Å². The van der Waals surface area contributed by atoms with Crippen molar-refractivity contribution in [3.63, 3.8) is 0 Å². The van der Waals surface area contributed by atoms with Crippen LogP contribution in [0.5, 0.6) is 0 Å². The van der Waals surface area contributed by atoms with E-state index in [1.807, 2.05) is 12.3 Å². The van der Waals surface area contributed by atoms with Crippen LogP contribution >= 0.6 is 11.3 Å². The van der Waals surface area contributed by atoms with Gasteiger partial charge in [-0.25, -0.2) is 4.98 Å². The molecule has 1 aromatic heterocycles. The molecule has 1 unspecified atom stereocenters. The van der Waals surface area contributed by atoms with Gasteiger partial charge >= 0.3 is 5.97 Å². The SMILES string of the molecule is CCOC(=O)Cc1csc(NCC(C)C2CC2)n1. The first-order valence-corrected chi connectivity index (χ1v) is 7.41.